The van der Waals surface area contributed by atoms with Crippen molar-refractivity contribution in [2.75, 3.05) is 25.1 Å². The highest BCUT2D eigenvalue weighted by atomic mass is 32.2. The van der Waals surface area contributed by atoms with Crippen molar-refractivity contribution in [3.63, 3.8) is 0 Å². The summed E-state index contributed by atoms with van der Waals surface area (Å²) in [5, 5.41) is 14.9. The van der Waals surface area contributed by atoms with Gasteiger partial charge in [0.25, 0.3) is 0 Å². The van der Waals surface area contributed by atoms with E-state index in [0.717, 1.165) is 9.69 Å². The minimum absolute atomic E-state index is 0.0163. The van der Waals surface area contributed by atoms with Gasteiger partial charge in [-0.05, 0) is 0 Å². The lowest BCUT2D eigenvalue weighted by Gasteiger charge is -2.05. The Morgan fingerprint density at radius 2 is 2.35 bits per heavy atom. The van der Waals surface area contributed by atoms with Crippen LogP contribution in [0.2, 0.25) is 0 Å². The Kier molecular flexibility index (Phi) is 4.26. The molecule has 10 heteroatoms. The molecule has 2 N–H and O–H groups in total. The van der Waals surface area contributed by atoms with Crippen molar-refractivity contribution in [2.45, 2.75) is 12.1 Å². The minimum atomic E-state index is -0.503. The maximum Gasteiger partial charge on any atom is 0.246 e. The van der Waals surface area contributed by atoms with Gasteiger partial charge in [-0.3, -0.25) is 4.79 Å². The monoisotopic (exact) mass is 260 g/mol. The molecule has 1 aromatic rings. The summed E-state index contributed by atoms with van der Waals surface area (Å²) in [6.07, 6.45) is 0. The first-order valence-electron chi connectivity index (χ1n) is 4.63. The molecule has 0 aliphatic carbocycles. The largest absolute Gasteiger partial charge is 0.368 e. The molecule has 0 saturated heterocycles. The Bertz CT molecular complexity index is 433. The normalized spacial score (nSPS) is 10.2. The van der Waals surface area contributed by atoms with E-state index < -0.39 is 5.03 Å². The van der Waals surface area contributed by atoms with Crippen LogP contribution in [0.5, 0.6) is 0 Å². The first kappa shape index (κ1) is 13.2. The van der Waals surface area contributed by atoms with Crippen molar-refractivity contribution < 1.29 is 9.83 Å². The third kappa shape index (κ3) is 3.59. The molecule has 9 nitrogen and oxygen atoms in total. The van der Waals surface area contributed by atoms with Gasteiger partial charge in [0.05, 0.1) is 13.6 Å². The van der Waals surface area contributed by atoms with Crippen LogP contribution in [0.4, 0.5) is 5.95 Å². The van der Waals surface area contributed by atoms with Crippen molar-refractivity contribution in [1.82, 2.24) is 19.8 Å². The lowest BCUT2D eigenvalue weighted by molar-refractivity contribution is -0.647. The number of hydrogen-bond donors (Lipinski definition) is 1. The number of aromatic nitrogens is 3. The predicted octanol–water partition coefficient (Wildman–Crippen LogP) is -0.264. The van der Waals surface area contributed by atoms with Gasteiger partial charge < -0.3 is 5.73 Å². The van der Waals surface area contributed by atoms with Crippen LogP contribution < -0.4 is 5.73 Å². The van der Waals surface area contributed by atoms with Crippen LogP contribution in [0, 0.1) is 10.1 Å². The van der Waals surface area contributed by atoms with E-state index in [2.05, 4.69) is 10.1 Å². The zero-order chi connectivity index (χ0) is 13.0. The van der Waals surface area contributed by atoms with Crippen LogP contribution >= 0.6 is 11.8 Å². The average molecular weight is 260 g/mol. The molecule has 0 aromatic carbocycles. The fourth-order valence-electron chi connectivity index (χ4n) is 0.948. The van der Waals surface area contributed by atoms with E-state index in [1.807, 2.05) is 0 Å². The molecule has 1 rings (SSSR count). The van der Waals surface area contributed by atoms with Gasteiger partial charge in [0.2, 0.25) is 17.0 Å². The Balaban J connectivity index is 2.50. The van der Waals surface area contributed by atoms with Crippen LogP contribution in [0.25, 0.3) is 0 Å². The van der Waals surface area contributed by atoms with Gasteiger partial charge >= 0.3 is 0 Å². The van der Waals surface area contributed by atoms with E-state index in [1.54, 1.807) is 0 Å². The van der Waals surface area contributed by atoms with E-state index in [9.17, 15) is 14.9 Å². The number of carbonyl (C=O) groups is 1. The van der Waals surface area contributed by atoms with Crippen molar-refractivity contribution in [2.24, 2.45) is 0 Å². The van der Waals surface area contributed by atoms with Crippen molar-refractivity contribution in [3.05, 3.63) is 10.1 Å². The summed E-state index contributed by atoms with van der Waals surface area (Å²) < 4.78 is 0.986. The van der Waals surface area contributed by atoms with Gasteiger partial charge in [-0.1, -0.05) is 11.8 Å². The maximum atomic E-state index is 11.0. The number of carbonyl (C=O) groups excluding carboxylic acids is 1. The molecule has 0 unspecified atom stereocenters. The molecular formula is C7H12N6O3S. The van der Waals surface area contributed by atoms with E-state index in [1.165, 1.54) is 25.7 Å². The highest BCUT2D eigenvalue weighted by molar-refractivity contribution is 7.99. The highest BCUT2D eigenvalue weighted by Crippen LogP contribution is 2.14. The quantitative estimate of drug-likeness (QED) is 0.436. The first-order valence-corrected chi connectivity index (χ1v) is 5.62. The van der Waals surface area contributed by atoms with E-state index in [-0.39, 0.29) is 18.4 Å². The van der Waals surface area contributed by atoms with Gasteiger partial charge in [-0.2, -0.15) is 9.67 Å². The number of rotatable bonds is 5. The number of nitrogen functional groups attached to an aromatic ring is 1. The number of nitro groups is 1. The molecule has 94 valence electrons. The summed E-state index contributed by atoms with van der Waals surface area (Å²) in [5.41, 5.74) is 5.46. The second kappa shape index (κ2) is 5.48. The first-order chi connectivity index (χ1) is 7.91. The fourth-order valence-corrected chi connectivity index (χ4v) is 1.78. The topological polar surface area (TPSA) is 120 Å². The van der Waals surface area contributed by atoms with E-state index in [0.29, 0.717) is 10.9 Å². The molecule has 0 spiro atoms. The van der Waals surface area contributed by atoms with Crippen LogP contribution in [0.15, 0.2) is 5.16 Å². The number of thioether (sulfide) groups is 1. The van der Waals surface area contributed by atoms with Crippen molar-refractivity contribution >= 4 is 23.6 Å². The molecular weight excluding hydrogens is 248 g/mol. The molecule has 1 heterocycles. The lowest BCUT2D eigenvalue weighted by atomic mass is 10.7. The average Bonchev–Trinajstić information content (AvgIpc) is 2.59. The SMILES string of the molecule is CC(=O)n1nc(SCCN(C)[N+](=O)[O-])nc1N. The second-order valence-electron chi connectivity index (χ2n) is 3.15. The number of hydrogen-bond acceptors (Lipinski definition) is 7. The van der Waals surface area contributed by atoms with Crippen LogP contribution in [0.3, 0.4) is 0 Å². The van der Waals surface area contributed by atoms with Gasteiger partial charge in [0.15, 0.2) is 5.03 Å². The summed E-state index contributed by atoms with van der Waals surface area (Å²) >= 11 is 1.20. The Hall–Kier alpha value is -1.84. The fraction of sp³-hybridized carbons (Fsp3) is 0.571. The number of hydrazine groups is 1. The number of anilines is 1. The Labute approximate surface area is 101 Å². The minimum Gasteiger partial charge on any atom is -0.368 e. The zero-order valence-corrected chi connectivity index (χ0v) is 10.2. The summed E-state index contributed by atoms with van der Waals surface area (Å²) in [6.45, 7) is 1.56. The smallest absolute Gasteiger partial charge is 0.246 e. The number of nitrogens with zero attached hydrogens (tertiary/aromatic N) is 5. The molecule has 0 saturated carbocycles. The van der Waals surface area contributed by atoms with Gasteiger partial charge in [-0.25, -0.2) is 10.1 Å². The molecule has 0 amide bonds. The predicted molar refractivity (Wildman–Crippen MR) is 61.1 cm³/mol. The zero-order valence-electron chi connectivity index (χ0n) is 9.36. The van der Waals surface area contributed by atoms with E-state index >= 15 is 0 Å². The highest BCUT2D eigenvalue weighted by Gasteiger charge is 2.12. The Morgan fingerprint density at radius 1 is 1.71 bits per heavy atom. The molecule has 0 aliphatic heterocycles. The van der Waals surface area contributed by atoms with Crippen LogP contribution in [0.1, 0.15) is 11.7 Å². The third-order valence-corrected chi connectivity index (χ3v) is 2.65. The third-order valence-electron chi connectivity index (χ3n) is 1.84. The van der Waals surface area contributed by atoms with Crippen molar-refractivity contribution in [1.29, 1.82) is 0 Å². The maximum absolute atomic E-state index is 11.0. The summed E-state index contributed by atoms with van der Waals surface area (Å²) in [6, 6.07) is 0. The molecule has 1 aromatic heterocycles. The molecule has 17 heavy (non-hydrogen) atoms. The van der Waals surface area contributed by atoms with Crippen LogP contribution in [-0.2, 0) is 0 Å². The van der Waals surface area contributed by atoms with Crippen LogP contribution in [-0.4, -0.2) is 50.1 Å². The van der Waals surface area contributed by atoms with Gasteiger partial charge in [0, 0.05) is 12.7 Å². The van der Waals surface area contributed by atoms with Crippen molar-refractivity contribution in [3.8, 4) is 0 Å². The molecule has 0 aliphatic rings. The molecule has 0 fully saturated rings. The van der Waals surface area contributed by atoms with Gasteiger partial charge in [-0.15, -0.1) is 10.1 Å². The summed E-state index contributed by atoms with van der Waals surface area (Å²) in [4.78, 5) is 25.2. The standard InChI is InChI=1S/C7H12N6O3S/c1-5(14)12-6(8)9-7(10-12)17-4-3-11(2)13(15)16/h3-4H2,1-2H3,(H2,8,9,10). The Morgan fingerprint density at radius 3 is 2.82 bits per heavy atom. The molecule has 0 radical (unpaired) electrons. The second-order valence-corrected chi connectivity index (χ2v) is 4.21. The van der Waals surface area contributed by atoms with Gasteiger partial charge in [0.1, 0.15) is 0 Å². The number of nitrogens with two attached hydrogens (primary N) is 1. The summed E-state index contributed by atoms with van der Waals surface area (Å²) in [5.74, 6) is 0.116. The molecule has 0 bridgehead atoms. The lowest BCUT2D eigenvalue weighted by Crippen LogP contribution is -2.27. The summed E-state index contributed by atoms with van der Waals surface area (Å²) in [7, 11) is 1.37. The van der Waals surface area contributed by atoms with E-state index in [4.69, 9.17) is 5.73 Å². The molecule has 0 atom stereocenters.